The van der Waals surface area contributed by atoms with Crippen LogP contribution in [0.3, 0.4) is 0 Å². The Hall–Kier alpha value is -1.66. The lowest BCUT2D eigenvalue weighted by molar-refractivity contribution is -0.384. The Morgan fingerprint density at radius 2 is 2.21 bits per heavy atom. The maximum Gasteiger partial charge on any atom is 0.271 e. The number of nitro groups is 1. The van der Waals surface area contributed by atoms with Crippen LogP contribution in [0.5, 0.6) is 0 Å². The third-order valence-corrected chi connectivity index (χ3v) is 3.64. The van der Waals surface area contributed by atoms with Crippen LogP contribution in [0.4, 0.5) is 11.4 Å². The average Bonchev–Trinajstić information content (AvgIpc) is 3.15. The monoisotopic (exact) mass is 283 g/mol. The number of nitro benzene ring substituents is 1. The first-order valence-electron chi connectivity index (χ1n) is 5.86. The summed E-state index contributed by atoms with van der Waals surface area (Å²) in [6, 6.07) is 3.88. The standard InChI is InChI=1S/C12H14ClN3O3/c1-12(14,7-2-3-7)11(17)15-10-5-4-8(16(18)19)6-9(10)13/h4-7H,2-3,14H2,1H3,(H,15,17). The summed E-state index contributed by atoms with van der Waals surface area (Å²) in [7, 11) is 0. The minimum absolute atomic E-state index is 0.120. The number of benzene rings is 1. The molecule has 2 rings (SSSR count). The maximum absolute atomic E-state index is 12.1. The predicted octanol–water partition coefficient (Wildman–Crippen LogP) is 2.31. The van der Waals surface area contributed by atoms with E-state index in [9.17, 15) is 14.9 Å². The highest BCUT2D eigenvalue weighted by atomic mass is 35.5. The molecule has 1 aliphatic carbocycles. The number of nitrogens with two attached hydrogens (primary N) is 1. The summed E-state index contributed by atoms with van der Waals surface area (Å²) in [6.07, 6.45) is 1.88. The number of carbonyl (C=O) groups is 1. The molecule has 0 aliphatic heterocycles. The number of anilines is 1. The smallest absolute Gasteiger partial charge is 0.271 e. The maximum atomic E-state index is 12.1. The Labute approximate surface area is 115 Å². The van der Waals surface area contributed by atoms with Crippen LogP contribution in [0.1, 0.15) is 19.8 Å². The highest BCUT2D eigenvalue weighted by Crippen LogP contribution is 2.39. The van der Waals surface area contributed by atoms with E-state index in [4.69, 9.17) is 17.3 Å². The number of amides is 1. The molecule has 1 unspecified atom stereocenters. The van der Waals surface area contributed by atoms with Crippen molar-refractivity contribution in [1.29, 1.82) is 0 Å². The van der Waals surface area contributed by atoms with Crippen LogP contribution < -0.4 is 11.1 Å². The number of nitrogens with zero attached hydrogens (tertiary/aromatic N) is 1. The second-order valence-electron chi connectivity index (χ2n) is 4.93. The first-order valence-corrected chi connectivity index (χ1v) is 6.24. The summed E-state index contributed by atoms with van der Waals surface area (Å²) in [5.41, 5.74) is 5.24. The van der Waals surface area contributed by atoms with Gasteiger partial charge in [-0.25, -0.2) is 0 Å². The van der Waals surface area contributed by atoms with Crippen molar-refractivity contribution in [2.45, 2.75) is 25.3 Å². The van der Waals surface area contributed by atoms with E-state index < -0.39 is 10.5 Å². The number of hydrogen-bond donors (Lipinski definition) is 2. The van der Waals surface area contributed by atoms with Gasteiger partial charge in [-0.1, -0.05) is 11.6 Å². The zero-order valence-electron chi connectivity index (χ0n) is 10.4. The largest absolute Gasteiger partial charge is 0.323 e. The van der Waals surface area contributed by atoms with Crippen molar-refractivity contribution in [1.82, 2.24) is 0 Å². The van der Waals surface area contributed by atoms with Gasteiger partial charge in [0.25, 0.3) is 5.69 Å². The van der Waals surface area contributed by atoms with E-state index in [1.54, 1.807) is 6.92 Å². The fourth-order valence-electron chi connectivity index (χ4n) is 1.84. The van der Waals surface area contributed by atoms with Gasteiger partial charge in [0.1, 0.15) is 0 Å². The van der Waals surface area contributed by atoms with Gasteiger partial charge in [-0.2, -0.15) is 0 Å². The zero-order valence-corrected chi connectivity index (χ0v) is 11.1. The molecular weight excluding hydrogens is 270 g/mol. The topological polar surface area (TPSA) is 98.3 Å². The summed E-state index contributed by atoms with van der Waals surface area (Å²) < 4.78 is 0. The molecule has 1 atom stereocenters. The summed E-state index contributed by atoms with van der Waals surface area (Å²) in [6.45, 7) is 1.68. The molecule has 0 radical (unpaired) electrons. The highest BCUT2D eigenvalue weighted by Gasteiger charge is 2.44. The van der Waals surface area contributed by atoms with E-state index in [-0.39, 0.29) is 22.5 Å². The van der Waals surface area contributed by atoms with E-state index in [1.807, 2.05) is 0 Å². The van der Waals surface area contributed by atoms with Crippen molar-refractivity contribution in [3.63, 3.8) is 0 Å². The molecule has 1 amide bonds. The zero-order chi connectivity index (χ0) is 14.2. The van der Waals surface area contributed by atoms with Crippen LogP contribution in [0.25, 0.3) is 0 Å². The minimum atomic E-state index is -0.939. The van der Waals surface area contributed by atoms with Crippen LogP contribution in [0, 0.1) is 16.0 Å². The molecule has 1 aromatic carbocycles. The molecule has 1 aliphatic rings. The number of halogens is 1. The summed E-state index contributed by atoms with van der Waals surface area (Å²) in [5.74, 6) is -0.143. The molecular formula is C12H14ClN3O3. The lowest BCUT2D eigenvalue weighted by Gasteiger charge is -2.23. The van der Waals surface area contributed by atoms with Crippen LogP contribution in [-0.4, -0.2) is 16.4 Å². The molecule has 1 fully saturated rings. The van der Waals surface area contributed by atoms with Crippen LogP contribution >= 0.6 is 11.6 Å². The Balaban J connectivity index is 2.15. The first-order chi connectivity index (χ1) is 8.82. The molecule has 102 valence electrons. The van der Waals surface area contributed by atoms with E-state index in [0.29, 0.717) is 5.69 Å². The van der Waals surface area contributed by atoms with E-state index in [0.717, 1.165) is 12.8 Å². The number of carbonyl (C=O) groups excluding carboxylic acids is 1. The van der Waals surface area contributed by atoms with Crippen molar-refractivity contribution in [3.05, 3.63) is 33.3 Å². The van der Waals surface area contributed by atoms with Crippen LogP contribution in [0.15, 0.2) is 18.2 Å². The number of rotatable bonds is 4. The normalized spacial score (nSPS) is 17.6. The molecule has 0 spiro atoms. The molecule has 6 nitrogen and oxygen atoms in total. The quantitative estimate of drug-likeness (QED) is 0.654. The molecule has 19 heavy (non-hydrogen) atoms. The molecule has 0 bridgehead atoms. The fraction of sp³-hybridized carbons (Fsp3) is 0.417. The van der Waals surface area contributed by atoms with Gasteiger partial charge in [0.15, 0.2) is 0 Å². The Kier molecular flexibility index (Phi) is 3.47. The third kappa shape index (κ3) is 2.85. The first kappa shape index (κ1) is 13.8. The average molecular weight is 284 g/mol. The number of non-ortho nitro benzene ring substituents is 1. The van der Waals surface area contributed by atoms with Crippen molar-refractivity contribution in [3.8, 4) is 0 Å². The third-order valence-electron chi connectivity index (χ3n) is 3.33. The number of hydrogen-bond acceptors (Lipinski definition) is 4. The van der Waals surface area contributed by atoms with Gasteiger partial charge in [0, 0.05) is 12.1 Å². The van der Waals surface area contributed by atoms with E-state index in [1.165, 1.54) is 18.2 Å². The SMILES string of the molecule is CC(N)(C(=O)Nc1ccc([N+](=O)[O-])cc1Cl)C1CC1. The number of nitrogens with one attached hydrogen (secondary N) is 1. The molecule has 0 aromatic heterocycles. The second kappa shape index (κ2) is 4.79. The van der Waals surface area contributed by atoms with E-state index >= 15 is 0 Å². The van der Waals surface area contributed by atoms with Gasteiger partial charge >= 0.3 is 0 Å². The van der Waals surface area contributed by atoms with Crippen molar-refractivity contribution in [2.24, 2.45) is 11.7 Å². The predicted molar refractivity (Wildman–Crippen MR) is 72.1 cm³/mol. The van der Waals surface area contributed by atoms with Crippen molar-refractivity contribution >= 4 is 28.9 Å². The Morgan fingerprint density at radius 1 is 1.58 bits per heavy atom. The van der Waals surface area contributed by atoms with Gasteiger partial charge in [-0.15, -0.1) is 0 Å². The van der Waals surface area contributed by atoms with Gasteiger partial charge in [-0.3, -0.25) is 14.9 Å². The fourth-order valence-corrected chi connectivity index (χ4v) is 2.07. The molecule has 0 saturated heterocycles. The summed E-state index contributed by atoms with van der Waals surface area (Å²) >= 11 is 5.90. The molecule has 1 aromatic rings. The lowest BCUT2D eigenvalue weighted by atomic mass is 9.96. The van der Waals surface area contributed by atoms with Crippen molar-refractivity contribution in [2.75, 3.05) is 5.32 Å². The lowest BCUT2D eigenvalue weighted by Crippen LogP contribution is -2.50. The minimum Gasteiger partial charge on any atom is -0.323 e. The van der Waals surface area contributed by atoms with Crippen LogP contribution in [-0.2, 0) is 4.79 Å². The van der Waals surface area contributed by atoms with Gasteiger partial charge in [0.05, 0.1) is 21.2 Å². The van der Waals surface area contributed by atoms with Gasteiger partial charge in [0.2, 0.25) is 5.91 Å². The molecule has 0 heterocycles. The van der Waals surface area contributed by atoms with Crippen molar-refractivity contribution < 1.29 is 9.72 Å². The van der Waals surface area contributed by atoms with E-state index in [2.05, 4.69) is 5.32 Å². The van der Waals surface area contributed by atoms with Crippen LogP contribution in [0.2, 0.25) is 5.02 Å². The van der Waals surface area contributed by atoms with Gasteiger partial charge < -0.3 is 11.1 Å². The summed E-state index contributed by atoms with van der Waals surface area (Å²) in [4.78, 5) is 22.1. The Morgan fingerprint density at radius 3 is 2.68 bits per heavy atom. The molecule has 7 heteroatoms. The second-order valence-corrected chi connectivity index (χ2v) is 5.34. The summed E-state index contributed by atoms with van der Waals surface area (Å²) in [5, 5.41) is 13.3. The highest BCUT2D eigenvalue weighted by molar-refractivity contribution is 6.34. The molecule has 3 N–H and O–H groups in total. The molecule has 1 saturated carbocycles. The van der Waals surface area contributed by atoms with Gasteiger partial charge in [-0.05, 0) is 31.7 Å². The Bertz CT molecular complexity index is 541.